The highest BCUT2D eigenvalue weighted by atomic mass is 16.5. The maximum Gasteiger partial charge on any atom is 0.280 e. The SMILES string of the molecule is CC1=NN(c2ccccc2)C(=O)/C1=C/c1cn(CN2CCOCC2)c2ccccc12. The van der Waals surface area contributed by atoms with Gasteiger partial charge in [-0.05, 0) is 31.2 Å². The number of amides is 1. The van der Waals surface area contributed by atoms with E-state index in [1.807, 2.05) is 49.4 Å². The van der Waals surface area contributed by atoms with Crippen molar-refractivity contribution in [1.29, 1.82) is 0 Å². The molecule has 3 heterocycles. The molecule has 1 amide bonds. The van der Waals surface area contributed by atoms with Crippen LogP contribution in [0.15, 0.2) is 71.5 Å². The van der Waals surface area contributed by atoms with Crippen LogP contribution in [0.5, 0.6) is 0 Å². The van der Waals surface area contributed by atoms with Crippen molar-refractivity contribution >= 4 is 34.3 Å². The molecule has 30 heavy (non-hydrogen) atoms. The Morgan fingerprint density at radius 3 is 2.57 bits per heavy atom. The van der Waals surface area contributed by atoms with Gasteiger partial charge in [0.05, 0.1) is 36.9 Å². The summed E-state index contributed by atoms with van der Waals surface area (Å²) in [6, 6.07) is 17.9. The van der Waals surface area contributed by atoms with Gasteiger partial charge in [0.1, 0.15) is 0 Å². The Morgan fingerprint density at radius 2 is 1.77 bits per heavy atom. The highest BCUT2D eigenvalue weighted by Gasteiger charge is 2.29. The van der Waals surface area contributed by atoms with Crippen LogP contribution in [0.2, 0.25) is 0 Å². The molecule has 5 rings (SSSR count). The summed E-state index contributed by atoms with van der Waals surface area (Å²) in [6.07, 6.45) is 4.11. The van der Waals surface area contributed by atoms with Gasteiger partial charge in [-0.1, -0.05) is 36.4 Å². The van der Waals surface area contributed by atoms with Crippen molar-refractivity contribution in [3.05, 3.63) is 71.9 Å². The fourth-order valence-electron chi connectivity index (χ4n) is 4.05. The van der Waals surface area contributed by atoms with Crippen molar-refractivity contribution in [2.24, 2.45) is 5.10 Å². The zero-order valence-corrected chi connectivity index (χ0v) is 17.0. The molecular formula is C24H24N4O2. The van der Waals surface area contributed by atoms with E-state index in [1.54, 1.807) is 0 Å². The molecule has 3 aromatic rings. The molecule has 0 radical (unpaired) electrons. The maximum atomic E-state index is 13.1. The number of hydrogen-bond donors (Lipinski definition) is 0. The van der Waals surface area contributed by atoms with Crippen LogP contribution in [0.4, 0.5) is 5.69 Å². The van der Waals surface area contributed by atoms with Crippen LogP contribution >= 0.6 is 0 Å². The van der Waals surface area contributed by atoms with Gasteiger partial charge >= 0.3 is 0 Å². The lowest BCUT2D eigenvalue weighted by molar-refractivity contribution is -0.114. The molecule has 1 saturated heterocycles. The van der Waals surface area contributed by atoms with Gasteiger partial charge in [0.15, 0.2) is 0 Å². The Kier molecular flexibility index (Phi) is 4.94. The average molecular weight is 400 g/mol. The van der Waals surface area contributed by atoms with Crippen LogP contribution in [0, 0.1) is 0 Å². The minimum atomic E-state index is -0.0938. The molecule has 0 saturated carbocycles. The van der Waals surface area contributed by atoms with E-state index >= 15 is 0 Å². The van der Waals surface area contributed by atoms with Crippen molar-refractivity contribution in [3.8, 4) is 0 Å². The summed E-state index contributed by atoms with van der Waals surface area (Å²) in [5, 5.41) is 7.12. The number of rotatable bonds is 4. The van der Waals surface area contributed by atoms with Crippen LogP contribution in [0.3, 0.4) is 0 Å². The first kappa shape index (κ1) is 18.8. The van der Waals surface area contributed by atoms with Crippen molar-refractivity contribution in [2.45, 2.75) is 13.6 Å². The van der Waals surface area contributed by atoms with Crippen LogP contribution < -0.4 is 5.01 Å². The van der Waals surface area contributed by atoms with Crippen LogP contribution in [-0.4, -0.2) is 47.4 Å². The molecule has 0 spiro atoms. The number of fused-ring (bicyclic) bond motifs is 1. The number of para-hydroxylation sites is 2. The Bertz CT molecular complexity index is 1140. The van der Waals surface area contributed by atoms with Gasteiger partial charge in [0.2, 0.25) is 0 Å². The number of benzene rings is 2. The summed E-state index contributed by atoms with van der Waals surface area (Å²) >= 11 is 0. The van der Waals surface area contributed by atoms with Crippen molar-refractivity contribution in [1.82, 2.24) is 9.47 Å². The van der Waals surface area contributed by atoms with Gasteiger partial charge in [-0.25, -0.2) is 0 Å². The molecule has 1 fully saturated rings. The summed E-state index contributed by atoms with van der Waals surface area (Å²) < 4.78 is 7.73. The van der Waals surface area contributed by atoms with Gasteiger partial charge in [-0.2, -0.15) is 10.1 Å². The summed E-state index contributed by atoms with van der Waals surface area (Å²) in [5.74, 6) is -0.0938. The minimum Gasteiger partial charge on any atom is -0.379 e. The first-order valence-electron chi connectivity index (χ1n) is 10.3. The number of ether oxygens (including phenoxy) is 1. The van der Waals surface area contributed by atoms with Crippen LogP contribution in [0.25, 0.3) is 17.0 Å². The molecular weight excluding hydrogens is 376 g/mol. The quantitative estimate of drug-likeness (QED) is 0.627. The molecule has 2 aliphatic rings. The van der Waals surface area contributed by atoms with Gasteiger partial charge in [-0.3, -0.25) is 9.69 Å². The number of morpholine rings is 1. The summed E-state index contributed by atoms with van der Waals surface area (Å²) in [6.45, 7) is 6.10. The molecule has 1 aromatic heterocycles. The lowest BCUT2D eigenvalue weighted by Gasteiger charge is -2.27. The number of carbonyl (C=O) groups is 1. The molecule has 152 valence electrons. The van der Waals surface area contributed by atoms with Gasteiger partial charge < -0.3 is 9.30 Å². The zero-order valence-electron chi connectivity index (χ0n) is 17.0. The maximum absolute atomic E-state index is 13.1. The smallest absolute Gasteiger partial charge is 0.280 e. The second-order valence-electron chi connectivity index (χ2n) is 7.64. The second kappa shape index (κ2) is 7.89. The average Bonchev–Trinajstić information content (AvgIpc) is 3.27. The van der Waals surface area contributed by atoms with E-state index in [0.717, 1.165) is 60.8 Å². The lowest BCUT2D eigenvalue weighted by Crippen LogP contribution is -2.37. The van der Waals surface area contributed by atoms with E-state index in [9.17, 15) is 4.79 Å². The van der Waals surface area contributed by atoms with E-state index in [0.29, 0.717) is 5.57 Å². The van der Waals surface area contributed by atoms with Crippen LogP contribution in [-0.2, 0) is 16.2 Å². The van der Waals surface area contributed by atoms with E-state index in [-0.39, 0.29) is 5.91 Å². The normalized spacial score (nSPS) is 19.1. The second-order valence-corrected chi connectivity index (χ2v) is 7.64. The third-order valence-corrected chi connectivity index (χ3v) is 5.64. The Balaban J connectivity index is 1.50. The fraction of sp³-hybridized carbons (Fsp3) is 0.250. The first-order valence-corrected chi connectivity index (χ1v) is 10.3. The predicted molar refractivity (Wildman–Crippen MR) is 119 cm³/mol. The third-order valence-electron chi connectivity index (χ3n) is 5.64. The molecule has 2 aliphatic heterocycles. The molecule has 2 aromatic carbocycles. The number of nitrogens with zero attached hydrogens (tertiary/aromatic N) is 4. The van der Waals surface area contributed by atoms with Gasteiger partial charge in [0, 0.05) is 35.8 Å². The van der Waals surface area contributed by atoms with E-state index < -0.39 is 0 Å². The Hall–Kier alpha value is -3.22. The molecule has 0 unspecified atom stereocenters. The highest BCUT2D eigenvalue weighted by molar-refractivity contribution is 6.32. The fourth-order valence-corrected chi connectivity index (χ4v) is 4.05. The summed E-state index contributed by atoms with van der Waals surface area (Å²) in [5.41, 5.74) is 4.34. The summed E-state index contributed by atoms with van der Waals surface area (Å²) in [4.78, 5) is 15.5. The number of carbonyl (C=O) groups excluding carboxylic acids is 1. The molecule has 0 bridgehead atoms. The monoisotopic (exact) mass is 400 g/mol. The van der Waals surface area contributed by atoms with Gasteiger partial charge in [-0.15, -0.1) is 0 Å². The van der Waals surface area contributed by atoms with Crippen LogP contribution in [0.1, 0.15) is 12.5 Å². The van der Waals surface area contributed by atoms with E-state index in [4.69, 9.17) is 4.74 Å². The molecule has 0 atom stereocenters. The van der Waals surface area contributed by atoms with Crippen molar-refractivity contribution in [2.75, 3.05) is 31.3 Å². The van der Waals surface area contributed by atoms with Crippen molar-refractivity contribution in [3.63, 3.8) is 0 Å². The van der Waals surface area contributed by atoms with E-state index in [2.05, 4.69) is 39.0 Å². The van der Waals surface area contributed by atoms with Gasteiger partial charge in [0.25, 0.3) is 5.91 Å². The number of anilines is 1. The van der Waals surface area contributed by atoms with Crippen molar-refractivity contribution < 1.29 is 9.53 Å². The molecule has 6 heteroatoms. The molecule has 6 nitrogen and oxygen atoms in total. The third kappa shape index (κ3) is 3.44. The zero-order chi connectivity index (χ0) is 20.5. The standard InChI is InChI=1S/C24H24N4O2/c1-18-22(24(29)28(25-18)20-7-3-2-4-8-20)15-19-16-27(17-26-11-13-30-14-12-26)23-10-6-5-9-21(19)23/h2-10,15-16H,11-14,17H2,1H3/b22-15+. The summed E-state index contributed by atoms with van der Waals surface area (Å²) in [7, 11) is 0. The molecule has 0 aliphatic carbocycles. The Labute approximate surface area is 175 Å². The minimum absolute atomic E-state index is 0.0938. The number of hydrogen-bond acceptors (Lipinski definition) is 4. The highest BCUT2D eigenvalue weighted by Crippen LogP contribution is 2.28. The lowest BCUT2D eigenvalue weighted by atomic mass is 10.1. The first-order chi connectivity index (χ1) is 14.7. The molecule has 0 N–H and O–H groups in total. The topological polar surface area (TPSA) is 50.1 Å². The largest absolute Gasteiger partial charge is 0.379 e. The predicted octanol–water partition coefficient (Wildman–Crippen LogP) is 3.74. The Morgan fingerprint density at radius 1 is 1.03 bits per heavy atom. The number of aromatic nitrogens is 1. The number of hydrazone groups is 1. The van der Waals surface area contributed by atoms with E-state index in [1.165, 1.54) is 5.01 Å².